The third kappa shape index (κ3) is 4.03. The zero-order chi connectivity index (χ0) is 13.7. The molecular weight excluding hydrogens is 232 g/mol. The molecule has 0 fully saturated rings. The quantitative estimate of drug-likeness (QED) is 0.840. The first-order chi connectivity index (χ1) is 9.16. The van der Waals surface area contributed by atoms with Crippen LogP contribution in [0.4, 0.5) is 0 Å². The van der Waals surface area contributed by atoms with Crippen molar-refractivity contribution in [3.8, 4) is 0 Å². The van der Waals surface area contributed by atoms with Crippen LogP contribution in [0.15, 0.2) is 36.7 Å². The molecule has 0 spiro atoms. The van der Waals surface area contributed by atoms with Crippen LogP contribution in [0.1, 0.15) is 39.2 Å². The predicted octanol–water partition coefficient (Wildman–Crippen LogP) is 4.15. The van der Waals surface area contributed by atoms with Crippen molar-refractivity contribution in [2.24, 2.45) is 5.92 Å². The van der Waals surface area contributed by atoms with E-state index in [4.69, 9.17) is 0 Å². The monoisotopic (exact) mass is 256 g/mol. The first kappa shape index (κ1) is 14.0. The number of hydrogen-bond acceptors (Lipinski definition) is 2. The van der Waals surface area contributed by atoms with Gasteiger partial charge in [0, 0.05) is 30.4 Å². The van der Waals surface area contributed by atoms with Crippen molar-refractivity contribution < 1.29 is 0 Å². The molecule has 19 heavy (non-hydrogen) atoms. The summed E-state index contributed by atoms with van der Waals surface area (Å²) in [5.74, 6) is 0.781. The highest BCUT2D eigenvalue weighted by Gasteiger charge is 2.05. The van der Waals surface area contributed by atoms with Gasteiger partial charge in [-0.05, 0) is 36.6 Å². The Morgan fingerprint density at radius 3 is 2.63 bits per heavy atom. The van der Waals surface area contributed by atoms with Crippen molar-refractivity contribution in [2.45, 2.75) is 46.2 Å². The molecule has 2 rings (SSSR count). The summed E-state index contributed by atoms with van der Waals surface area (Å²) in [7, 11) is 0. The zero-order valence-corrected chi connectivity index (χ0v) is 12.2. The molecule has 2 aromatic rings. The van der Waals surface area contributed by atoms with Crippen molar-refractivity contribution in [1.82, 2.24) is 10.3 Å². The molecule has 1 heterocycles. The van der Waals surface area contributed by atoms with Crippen LogP contribution in [-0.4, -0.2) is 11.0 Å². The van der Waals surface area contributed by atoms with Crippen molar-refractivity contribution in [3.63, 3.8) is 0 Å². The average molecular weight is 256 g/mol. The molecule has 1 N–H and O–H groups in total. The van der Waals surface area contributed by atoms with Gasteiger partial charge in [0.05, 0.1) is 0 Å². The fourth-order valence-electron chi connectivity index (χ4n) is 2.29. The highest BCUT2D eigenvalue weighted by atomic mass is 14.9. The Kier molecular flexibility index (Phi) is 4.92. The van der Waals surface area contributed by atoms with Crippen LogP contribution < -0.4 is 5.32 Å². The fraction of sp³-hybridized carbons (Fsp3) is 0.471. The first-order valence-corrected chi connectivity index (χ1v) is 7.22. The maximum absolute atomic E-state index is 4.32. The molecule has 2 heteroatoms. The molecule has 0 aliphatic rings. The summed E-state index contributed by atoms with van der Waals surface area (Å²) in [5.41, 5.74) is 1.29. The lowest BCUT2D eigenvalue weighted by molar-refractivity contribution is 0.451. The van der Waals surface area contributed by atoms with E-state index in [-0.39, 0.29) is 0 Å². The lowest BCUT2D eigenvalue weighted by Gasteiger charge is -2.15. The van der Waals surface area contributed by atoms with Crippen LogP contribution in [0, 0.1) is 5.92 Å². The lowest BCUT2D eigenvalue weighted by atomic mass is 10.0. The molecule has 0 saturated carbocycles. The third-order valence-corrected chi connectivity index (χ3v) is 3.57. The van der Waals surface area contributed by atoms with E-state index in [1.54, 1.807) is 0 Å². The van der Waals surface area contributed by atoms with E-state index in [9.17, 15) is 0 Å². The van der Waals surface area contributed by atoms with Gasteiger partial charge in [0.25, 0.3) is 0 Å². The van der Waals surface area contributed by atoms with Gasteiger partial charge in [-0.1, -0.05) is 38.1 Å². The van der Waals surface area contributed by atoms with Gasteiger partial charge in [0.2, 0.25) is 0 Å². The minimum Gasteiger partial charge on any atom is -0.310 e. The van der Waals surface area contributed by atoms with Gasteiger partial charge in [-0.3, -0.25) is 4.98 Å². The number of nitrogens with zero attached hydrogens (tertiary/aromatic N) is 1. The largest absolute Gasteiger partial charge is 0.310 e. The molecule has 0 aliphatic carbocycles. The van der Waals surface area contributed by atoms with E-state index >= 15 is 0 Å². The summed E-state index contributed by atoms with van der Waals surface area (Å²) >= 11 is 0. The Morgan fingerprint density at radius 2 is 1.84 bits per heavy atom. The van der Waals surface area contributed by atoms with Crippen LogP contribution in [-0.2, 0) is 6.54 Å². The number of benzene rings is 1. The van der Waals surface area contributed by atoms with Crippen molar-refractivity contribution >= 4 is 10.8 Å². The summed E-state index contributed by atoms with van der Waals surface area (Å²) in [5, 5.41) is 6.13. The maximum atomic E-state index is 4.32. The van der Waals surface area contributed by atoms with Crippen LogP contribution in [0.5, 0.6) is 0 Å². The van der Waals surface area contributed by atoms with Gasteiger partial charge in [-0.15, -0.1) is 0 Å². The first-order valence-electron chi connectivity index (χ1n) is 7.22. The Labute approximate surface area is 116 Å². The predicted molar refractivity (Wildman–Crippen MR) is 82.1 cm³/mol. The number of fused-ring (bicyclic) bond motifs is 1. The second kappa shape index (κ2) is 6.67. The molecule has 1 aromatic carbocycles. The smallest absolute Gasteiger partial charge is 0.0346 e. The highest BCUT2D eigenvalue weighted by Crippen LogP contribution is 2.17. The molecule has 0 saturated heterocycles. The number of pyridine rings is 1. The van der Waals surface area contributed by atoms with Gasteiger partial charge in [0.1, 0.15) is 0 Å². The second-order valence-corrected chi connectivity index (χ2v) is 5.77. The summed E-state index contributed by atoms with van der Waals surface area (Å²) in [6.07, 6.45) is 6.42. The number of nitrogens with one attached hydrogen (secondary N) is 1. The molecule has 0 radical (unpaired) electrons. The Hall–Kier alpha value is -1.41. The van der Waals surface area contributed by atoms with Crippen molar-refractivity contribution in [1.29, 1.82) is 0 Å². The fourth-order valence-corrected chi connectivity index (χ4v) is 2.29. The molecule has 2 nitrogen and oxygen atoms in total. The van der Waals surface area contributed by atoms with Crippen LogP contribution in [0.3, 0.4) is 0 Å². The zero-order valence-electron chi connectivity index (χ0n) is 12.2. The summed E-state index contributed by atoms with van der Waals surface area (Å²) in [6, 6.07) is 9.00. The normalized spacial score (nSPS) is 13.1. The summed E-state index contributed by atoms with van der Waals surface area (Å²) < 4.78 is 0. The van der Waals surface area contributed by atoms with E-state index < -0.39 is 0 Å². The van der Waals surface area contributed by atoms with Crippen LogP contribution >= 0.6 is 0 Å². The van der Waals surface area contributed by atoms with Crippen LogP contribution in [0.25, 0.3) is 10.8 Å². The minimum atomic E-state index is 0.557. The van der Waals surface area contributed by atoms with Crippen molar-refractivity contribution in [2.75, 3.05) is 0 Å². The lowest BCUT2D eigenvalue weighted by Crippen LogP contribution is -2.25. The average Bonchev–Trinajstić information content (AvgIpc) is 2.42. The van der Waals surface area contributed by atoms with Gasteiger partial charge in [0.15, 0.2) is 0 Å². The summed E-state index contributed by atoms with van der Waals surface area (Å²) in [6.45, 7) is 7.72. The topological polar surface area (TPSA) is 24.9 Å². The maximum Gasteiger partial charge on any atom is 0.0346 e. The summed E-state index contributed by atoms with van der Waals surface area (Å²) in [4.78, 5) is 4.32. The Morgan fingerprint density at radius 1 is 1.05 bits per heavy atom. The van der Waals surface area contributed by atoms with E-state index in [1.807, 2.05) is 12.4 Å². The van der Waals surface area contributed by atoms with Gasteiger partial charge < -0.3 is 5.32 Å². The Bertz CT molecular complexity index is 514. The molecule has 0 aliphatic heterocycles. The molecule has 0 bridgehead atoms. The third-order valence-electron chi connectivity index (χ3n) is 3.57. The number of hydrogen-bond donors (Lipinski definition) is 1. The molecule has 0 amide bonds. The Balaban J connectivity index is 1.98. The number of rotatable bonds is 6. The van der Waals surface area contributed by atoms with Crippen molar-refractivity contribution in [3.05, 3.63) is 42.2 Å². The minimum absolute atomic E-state index is 0.557. The van der Waals surface area contributed by atoms with Gasteiger partial charge in [-0.25, -0.2) is 0 Å². The van der Waals surface area contributed by atoms with E-state index in [2.05, 4.69) is 55.3 Å². The SMILES string of the molecule is CC(C)CCC(C)NCc1cncc2ccccc12. The second-order valence-electron chi connectivity index (χ2n) is 5.77. The molecule has 102 valence electrons. The van der Waals surface area contributed by atoms with E-state index in [1.165, 1.54) is 29.2 Å². The molecular formula is C17H24N2. The van der Waals surface area contributed by atoms with Gasteiger partial charge >= 0.3 is 0 Å². The standard InChI is InChI=1S/C17H24N2/c1-13(2)8-9-14(3)19-12-16-11-18-10-15-6-4-5-7-17(15)16/h4-7,10-11,13-14,19H,8-9,12H2,1-3H3. The van der Waals surface area contributed by atoms with Crippen LogP contribution in [0.2, 0.25) is 0 Å². The highest BCUT2D eigenvalue weighted by molar-refractivity contribution is 5.84. The van der Waals surface area contributed by atoms with Gasteiger partial charge in [-0.2, -0.15) is 0 Å². The molecule has 1 unspecified atom stereocenters. The molecule has 1 atom stereocenters. The van der Waals surface area contributed by atoms with E-state index in [0.717, 1.165) is 12.5 Å². The number of aromatic nitrogens is 1. The molecule has 1 aromatic heterocycles. The van der Waals surface area contributed by atoms with E-state index in [0.29, 0.717) is 6.04 Å².